The van der Waals surface area contributed by atoms with Crippen LogP contribution in [-0.4, -0.2) is 73.8 Å². The molecular formula is C23H42IN5O. The van der Waals surface area contributed by atoms with E-state index in [0.29, 0.717) is 12.5 Å². The highest BCUT2D eigenvalue weighted by molar-refractivity contribution is 14.0. The summed E-state index contributed by atoms with van der Waals surface area (Å²) in [6, 6.07) is 8.87. The molecule has 30 heavy (non-hydrogen) atoms. The van der Waals surface area contributed by atoms with E-state index in [0.717, 1.165) is 71.0 Å². The average Bonchev–Trinajstić information content (AvgIpc) is 2.73. The predicted octanol–water partition coefficient (Wildman–Crippen LogP) is 2.91. The molecule has 0 saturated carbocycles. The van der Waals surface area contributed by atoms with Crippen LogP contribution in [0.2, 0.25) is 0 Å². The number of hydrogen-bond acceptors (Lipinski definition) is 4. The minimum absolute atomic E-state index is 0. The number of nitrogens with one attached hydrogen (secondary N) is 2. The molecule has 1 atom stereocenters. The fourth-order valence-electron chi connectivity index (χ4n) is 3.71. The Morgan fingerprint density at radius 3 is 2.30 bits per heavy atom. The highest BCUT2D eigenvalue weighted by Gasteiger charge is 2.13. The van der Waals surface area contributed by atoms with E-state index in [2.05, 4.69) is 65.6 Å². The van der Waals surface area contributed by atoms with Crippen LogP contribution in [0.15, 0.2) is 29.3 Å². The molecule has 1 heterocycles. The van der Waals surface area contributed by atoms with Gasteiger partial charge in [0.2, 0.25) is 0 Å². The third-order valence-corrected chi connectivity index (χ3v) is 5.58. The lowest BCUT2D eigenvalue weighted by Gasteiger charge is -2.32. The number of guanidine groups is 1. The molecule has 2 rings (SSSR count). The molecule has 1 saturated heterocycles. The van der Waals surface area contributed by atoms with Crippen molar-refractivity contribution in [2.24, 2.45) is 10.9 Å². The molecule has 1 aromatic carbocycles. The number of benzene rings is 1. The monoisotopic (exact) mass is 531 g/mol. The van der Waals surface area contributed by atoms with E-state index in [-0.39, 0.29) is 30.6 Å². The van der Waals surface area contributed by atoms with Crippen molar-refractivity contribution in [3.8, 4) is 0 Å². The predicted molar refractivity (Wildman–Crippen MR) is 138 cm³/mol. The maximum Gasteiger partial charge on any atom is 0.191 e. The van der Waals surface area contributed by atoms with Gasteiger partial charge in [-0.05, 0) is 43.9 Å². The van der Waals surface area contributed by atoms with Crippen molar-refractivity contribution in [1.82, 2.24) is 20.4 Å². The van der Waals surface area contributed by atoms with Gasteiger partial charge in [0.15, 0.2) is 5.96 Å². The smallest absolute Gasteiger partial charge is 0.191 e. The molecule has 0 amide bonds. The SMILES string of the molecule is CCCC(CCO)CNC(=NCc1ccc(CN2CCN(C)CC2)cc1)NCC.I. The summed E-state index contributed by atoms with van der Waals surface area (Å²) in [7, 11) is 2.19. The van der Waals surface area contributed by atoms with E-state index in [1.165, 1.54) is 11.1 Å². The molecular weight excluding hydrogens is 489 g/mol. The van der Waals surface area contributed by atoms with E-state index in [4.69, 9.17) is 4.99 Å². The molecule has 7 heteroatoms. The van der Waals surface area contributed by atoms with Gasteiger partial charge < -0.3 is 20.6 Å². The first-order valence-corrected chi connectivity index (χ1v) is 11.3. The van der Waals surface area contributed by atoms with E-state index >= 15 is 0 Å². The van der Waals surface area contributed by atoms with Gasteiger partial charge in [-0.1, -0.05) is 37.6 Å². The summed E-state index contributed by atoms with van der Waals surface area (Å²) >= 11 is 0. The Hall–Kier alpha value is -0.900. The standard InChI is InChI=1S/C23H41N5O.HI/c1-4-6-20(11-16-29)17-25-23(24-5-2)26-18-21-7-9-22(10-8-21)19-28-14-12-27(3)13-15-28;/h7-10,20,29H,4-6,11-19H2,1-3H3,(H2,24,25,26);1H. The molecule has 3 N–H and O–H groups in total. The number of rotatable bonds is 11. The molecule has 0 bridgehead atoms. The zero-order valence-corrected chi connectivity index (χ0v) is 21.4. The van der Waals surface area contributed by atoms with Crippen molar-refractivity contribution in [3.63, 3.8) is 0 Å². The molecule has 1 aliphatic heterocycles. The van der Waals surface area contributed by atoms with Gasteiger partial charge in [-0.25, -0.2) is 4.99 Å². The maximum atomic E-state index is 9.24. The summed E-state index contributed by atoms with van der Waals surface area (Å²) in [5.74, 6) is 1.34. The van der Waals surface area contributed by atoms with Gasteiger partial charge in [-0.3, -0.25) is 4.90 Å². The second kappa shape index (κ2) is 15.8. The van der Waals surface area contributed by atoms with Gasteiger partial charge in [0.05, 0.1) is 6.54 Å². The Bertz CT molecular complexity index is 582. The van der Waals surface area contributed by atoms with Crippen molar-refractivity contribution in [2.75, 3.05) is 52.9 Å². The summed E-state index contributed by atoms with van der Waals surface area (Å²) in [6.45, 7) is 12.5. The fraction of sp³-hybridized carbons (Fsp3) is 0.696. The molecule has 6 nitrogen and oxygen atoms in total. The Labute approximate surface area is 200 Å². The van der Waals surface area contributed by atoms with Crippen LogP contribution in [0.25, 0.3) is 0 Å². The minimum Gasteiger partial charge on any atom is -0.396 e. The molecule has 0 aromatic heterocycles. The number of nitrogens with zero attached hydrogens (tertiary/aromatic N) is 3. The lowest BCUT2D eigenvalue weighted by molar-refractivity contribution is 0.148. The van der Waals surface area contributed by atoms with Crippen LogP contribution in [0.3, 0.4) is 0 Å². The molecule has 0 radical (unpaired) electrons. The fourth-order valence-corrected chi connectivity index (χ4v) is 3.71. The molecule has 0 aliphatic carbocycles. The van der Waals surface area contributed by atoms with E-state index in [9.17, 15) is 5.11 Å². The van der Waals surface area contributed by atoms with Gasteiger partial charge in [-0.2, -0.15) is 0 Å². The number of hydrogen-bond donors (Lipinski definition) is 3. The van der Waals surface area contributed by atoms with Crippen molar-refractivity contribution < 1.29 is 5.11 Å². The van der Waals surface area contributed by atoms with Crippen molar-refractivity contribution >= 4 is 29.9 Å². The van der Waals surface area contributed by atoms with Crippen LogP contribution in [-0.2, 0) is 13.1 Å². The van der Waals surface area contributed by atoms with Gasteiger partial charge in [0.25, 0.3) is 0 Å². The van der Waals surface area contributed by atoms with Crippen molar-refractivity contribution in [1.29, 1.82) is 0 Å². The Kier molecular flexibility index (Phi) is 14.3. The Balaban J connectivity index is 0.00000450. The zero-order chi connectivity index (χ0) is 20.9. The molecule has 1 aromatic rings. The number of aliphatic imine (C=N–C) groups is 1. The van der Waals surface area contributed by atoms with E-state index in [1.54, 1.807) is 0 Å². The van der Waals surface area contributed by atoms with Crippen LogP contribution >= 0.6 is 24.0 Å². The van der Waals surface area contributed by atoms with Crippen molar-refractivity contribution in [3.05, 3.63) is 35.4 Å². The third kappa shape index (κ3) is 10.4. The van der Waals surface area contributed by atoms with Crippen LogP contribution < -0.4 is 10.6 Å². The molecule has 0 spiro atoms. The number of likely N-dealkylation sites (N-methyl/N-ethyl adjacent to an activating group) is 1. The molecule has 1 fully saturated rings. The van der Waals surface area contributed by atoms with E-state index < -0.39 is 0 Å². The summed E-state index contributed by atoms with van der Waals surface area (Å²) in [5.41, 5.74) is 2.60. The first-order valence-electron chi connectivity index (χ1n) is 11.3. The van der Waals surface area contributed by atoms with Gasteiger partial charge in [-0.15, -0.1) is 24.0 Å². The minimum atomic E-state index is 0. The highest BCUT2D eigenvalue weighted by atomic mass is 127. The first-order chi connectivity index (χ1) is 14.1. The van der Waals surface area contributed by atoms with Crippen LogP contribution in [0.4, 0.5) is 0 Å². The number of halogens is 1. The normalized spacial score (nSPS) is 16.7. The lowest BCUT2D eigenvalue weighted by Crippen LogP contribution is -2.43. The average molecular weight is 532 g/mol. The second-order valence-electron chi connectivity index (χ2n) is 8.14. The molecule has 172 valence electrons. The van der Waals surface area contributed by atoms with Gasteiger partial charge in [0.1, 0.15) is 0 Å². The van der Waals surface area contributed by atoms with E-state index in [1.807, 2.05) is 0 Å². The van der Waals surface area contributed by atoms with Crippen LogP contribution in [0.5, 0.6) is 0 Å². The number of aliphatic hydroxyl groups is 1. The topological polar surface area (TPSA) is 63.1 Å². The Morgan fingerprint density at radius 1 is 1.03 bits per heavy atom. The highest BCUT2D eigenvalue weighted by Crippen LogP contribution is 2.11. The first kappa shape index (κ1) is 27.1. The number of aliphatic hydroxyl groups excluding tert-OH is 1. The van der Waals surface area contributed by atoms with Gasteiger partial charge in [0, 0.05) is 52.4 Å². The van der Waals surface area contributed by atoms with Gasteiger partial charge >= 0.3 is 0 Å². The molecule has 1 unspecified atom stereocenters. The van der Waals surface area contributed by atoms with Crippen molar-refractivity contribution in [2.45, 2.75) is 46.2 Å². The summed E-state index contributed by atoms with van der Waals surface area (Å²) in [6.07, 6.45) is 3.11. The second-order valence-corrected chi connectivity index (χ2v) is 8.14. The lowest BCUT2D eigenvalue weighted by atomic mass is 10.0. The quantitative estimate of drug-likeness (QED) is 0.233. The third-order valence-electron chi connectivity index (χ3n) is 5.58. The summed E-state index contributed by atoms with van der Waals surface area (Å²) in [5, 5.41) is 16.0. The molecule has 1 aliphatic rings. The number of piperazine rings is 1. The largest absolute Gasteiger partial charge is 0.396 e. The van der Waals surface area contributed by atoms with Crippen LogP contribution in [0.1, 0.15) is 44.2 Å². The summed E-state index contributed by atoms with van der Waals surface area (Å²) in [4.78, 5) is 9.66. The zero-order valence-electron chi connectivity index (χ0n) is 19.1. The Morgan fingerprint density at radius 2 is 1.70 bits per heavy atom. The van der Waals surface area contributed by atoms with Crippen LogP contribution in [0, 0.1) is 5.92 Å². The maximum absolute atomic E-state index is 9.24. The summed E-state index contributed by atoms with van der Waals surface area (Å²) < 4.78 is 0.